The van der Waals surface area contributed by atoms with E-state index in [9.17, 15) is 13.2 Å². The van der Waals surface area contributed by atoms with Crippen molar-refractivity contribution in [3.8, 4) is 0 Å². The fourth-order valence-electron chi connectivity index (χ4n) is 4.17. The minimum atomic E-state index is -4.39. The van der Waals surface area contributed by atoms with E-state index in [1.165, 1.54) is 13.0 Å². The number of halogens is 3. The van der Waals surface area contributed by atoms with Crippen LogP contribution in [0.3, 0.4) is 0 Å². The average Bonchev–Trinajstić information content (AvgIpc) is 3.26. The van der Waals surface area contributed by atoms with Crippen molar-refractivity contribution in [1.29, 1.82) is 0 Å². The van der Waals surface area contributed by atoms with Gasteiger partial charge in [-0.05, 0) is 42.3 Å². The summed E-state index contributed by atoms with van der Waals surface area (Å²) in [6.45, 7) is 5.34. The van der Waals surface area contributed by atoms with Gasteiger partial charge < -0.3 is 15.5 Å². The van der Waals surface area contributed by atoms with Gasteiger partial charge >= 0.3 is 6.18 Å². The van der Waals surface area contributed by atoms with Crippen LogP contribution in [-0.2, 0) is 12.7 Å². The van der Waals surface area contributed by atoms with E-state index in [2.05, 4.69) is 42.8 Å². The van der Waals surface area contributed by atoms with E-state index >= 15 is 0 Å². The van der Waals surface area contributed by atoms with Gasteiger partial charge in [0.15, 0.2) is 0 Å². The zero-order chi connectivity index (χ0) is 22.3. The molecule has 32 heavy (non-hydrogen) atoms. The molecular weight excluding hydrogens is 419 g/mol. The van der Waals surface area contributed by atoms with Crippen LogP contribution in [0.2, 0.25) is 0 Å². The first-order valence-electron chi connectivity index (χ1n) is 10.4. The molecule has 166 valence electrons. The Bertz CT molecular complexity index is 1280. The molecular formula is C22H22F3N7. The quantitative estimate of drug-likeness (QED) is 0.504. The van der Waals surface area contributed by atoms with E-state index in [1.807, 2.05) is 6.07 Å². The first-order chi connectivity index (χ1) is 15.4. The summed E-state index contributed by atoms with van der Waals surface area (Å²) >= 11 is 0. The molecule has 0 aliphatic carbocycles. The Morgan fingerprint density at radius 2 is 1.94 bits per heavy atom. The highest BCUT2D eigenvalue weighted by Gasteiger charge is 2.32. The number of anilines is 2. The summed E-state index contributed by atoms with van der Waals surface area (Å²) in [5.74, 6) is 0.991. The third-order valence-corrected chi connectivity index (χ3v) is 5.92. The summed E-state index contributed by atoms with van der Waals surface area (Å²) in [6.07, 6.45) is -2.78. The Balaban J connectivity index is 1.54. The van der Waals surface area contributed by atoms with E-state index in [0.29, 0.717) is 17.2 Å². The molecule has 1 saturated heterocycles. The molecule has 1 aliphatic heterocycles. The molecule has 10 heteroatoms. The summed E-state index contributed by atoms with van der Waals surface area (Å²) in [5.41, 5.74) is 2.11. The molecule has 2 aromatic carbocycles. The summed E-state index contributed by atoms with van der Waals surface area (Å²) in [4.78, 5) is 6.89. The van der Waals surface area contributed by atoms with Gasteiger partial charge in [0.25, 0.3) is 5.78 Å². The molecule has 3 heterocycles. The monoisotopic (exact) mass is 441 g/mol. The summed E-state index contributed by atoms with van der Waals surface area (Å²) in [6, 6.07) is 10.4. The second kappa shape index (κ2) is 7.94. The fourth-order valence-corrected chi connectivity index (χ4v) is 4.17. The zero-order valence-electron chi connectivity index (χ0n) is 17.4. The molecule has 0 amide bonds. The van der Waals surface area contributed by atoms with Gasteiger partial charge in [-0.1, -0.05) is 12.1 Å². The number of nitrogens with one attached hydrogen (secondary N) is 2. The maximum absolute atomic E-state index is 13.3. The summed E-state index contributed by atoms with van der Waals surface area (Å²) in [5, 5.41) is 15.5. The van der Waals surface area contributed by atoms with Crippen LogP contribution in [0.5, 0.6) is 0 Å². The molecule has 0 radical (unpaired) electrons. The molecule has 0 spiro atoms. The lowest BCUT2D eigenvalue weighted by Crippen LogP contribution is -2.43. The van der Waals surface area contributed by atoms with Crippen molar-refractivity contribution >= 4 is 28.2 Å². The highest BCUT2D eigenvalue weighted by atomic mass is 19.4. The van der Waals surface area contributed by atoms with Crippen molar-refractivity contribution in [3.63, 3.8) is 0 Å². The van der Waals surface area contributed by atoms with Gasteiger partial charge in [-0.3, -0.25) is 4.40 Å². The lowest BCUT2D eigenvalue weighted by atomic mass is 10.0. The third-order valence-electron chi connectivity index (χ3n) is 5.92. The third kappa shape index (κ3) is 3.70. The highest BCUT2D eigenvalue weighted by Crippen LogP contribution is 2.33. The number of alkyl halides is 3. The Hall–Kier alpha value is -3.40. The van der Waals surface area contributed by atoms with Gasteiger partial charge in [-0.25, -0.2) is 0 Å². The molecule has 5 rings (SSSR count). The Morgan fingerprint density at radius 1 is 1.12 bits per heavy atom. The van der Waals surface area contributed by atoms with Gasteiger partial charge in [0.2, 0.25) is 0 Å². The summed E-state index contributed by atoms with van der Waals surface area (Å²) < 4.78 is 41.7. The minimum Gasteiger partial charge on any atom is -0.369 e. The van der Waals surface area contributed by atoms with Crippen LogP contribution >= 0.6 is 0 Å². The van der Waals surface area contributed by atoms with Crippen LogP contribution < -0.4 is 15.5 Å². The first kappa shape index (κ1) is 20.5. The molecule has 2 N–H and O–H groups in total. The molecule has 1 aliphatic rings. The molecule has 7 nitrogen and oxygen atoms in total. The maximum Gasteiger partial charge on any atom is 0.416 e. The topological polar surface area (TPSA) is 70.4 Å². The zero-order valence-corrected chi connectivity index (χ0v) is 17.4. The van der Waals surface area contributed by atoms with Crippen LogP contribution in [0.15, 0.2) is 42.7 Å². The van der Waals surface area contributed by atoms with Crippen molar-refractivity contribution in [2.45, 2.75) is 19.6 Å². The lowest BCUT2D eigenvalue weighted by Gasteiger charge is -2.29. The number of hydrogen-bond acceptors (Lipinski definition) is 6. The molecule has 0 bridgehead atoms. The van der Waals surface area contributed by atoms with Crippen molar-refractivity contribution in [3.05, 3.63) is 59.4 Å². The number of aromatic nitrogens is 4. The number of fused-ring (bicyclic) bond motifs is 3. The number of rotatable bonds is 4. The van der Waals surface area contributed by atoms with Crippen LogP contribution in [0.25, 0.3) is 16.7 Å². The molecule has 0 atom stereocenters. The first-order valence-corrected chi connectivity index (χ1v) is 10.4. The molecule has 4 aromatic rings. The van der Waals surface area contributed by atoms with E-state index in [0.717, 1.165) is 48.8 Å². The van der Waals surface area contributed by atoms with Gasteiger partial charge in [-0.2, -0.15) is 18.2 Å². The molecule has 0 unspecified atom stereocenters. The smallest absolute Gasteiger partial charge is 0.369 e. The van der Waals surface area contributed by atoms with Crippen LogP contribution in [0.1, 0.15) is 16.7 Å². The normalized spacial score (nSPS) is 14.9. The van der Waals surface area contributed by atoms with Gasteiger partial charge in [-0.15, -0.1) is 10.2 Å². The van der Waals surface area contributed by atoms with Gasteiger partial charge in [0, 0.05) is 43.8 Å². The molecule has 1 fully saturated rings. The highest BCUT2D eigenvalue weighted by molar-refractivity contribution is 5.93. The van der Waals surface area contributed by atoms with Crippen molar-refractivity contribution in [1.82, 2.24) is 24.9 Å². The fraction of sp³-hybridized carbons (Fsp3) is 0.318. The minimum absolute atomic E-state index is 0.208. The number of piperazine rings is 1. The van der Waals surface area contributed by atoms with Crippen molar-refractivity contribution in [2.24, 2.45) is 0 Å². The second-order valence-corrected chi connectivity index (χ2v) is 7.84. The van der Waals surface area contributed by atoms with Gasteiger partial charge in [0.05, 0.1) is 11.1 Å². The second-order valence-electron chi connectivity index (χ2n) is 7.84. The number of benzene rings is 2. The molecule has 2 aromatic heterocycles. The number of hydrogen-bond donors (Lipinski definition) is 2. The van der Waals surface area contributed by atoms with Crippen molar-refractivity contribution < 1.29 is 13.2 Å². The van der Waals surface area contributed by atoms with Crippen LogP contribution in [-0.4, -0.2) is 45.8 Å². The number of nitrogens with zero attached hydrogens (tertiary/aromatic N) is 5. The SMILES string of the molecule is Cc1c(CNc2nc3nncn3c3ccc(N4CCNCC4)cc23)cccc1C(F)(F)F. The average molecular weight is 441 g/mol. The summed E-state index contributed by atoms with van der Waals surface area (Å²) in [7, 11) is 0. The predicted molar refractivity (Wildman–Crippen MR) is 117 cm³/mol. The van der Waals surface area contributed by atoms with Crippen LogP contribution in [0.4, 0.5) is 24.7 Å². The van der Waals surface area contributed by atoms with Crippen molar-refractivity contribution in [2.75, 3.05) is 36.4 Å². The van der Waals surface area contributed by atoms with E-state index < -0.39 is 11.7 Å². The predicted octanol–water partition coefficient (Wildman–Crippen LogP) is 3.63. The standard InChI is InChI=1S/C22H22F3N7/c1-14-15(3-2-4-18(14)22(23,24)25)12-27-20-17-11-16(31-9-7-26-8-10-31)5-6-19(17)32-13-28-30-21(32)29-20/h2-6,11,13,26H,7-10,12H2,1H3,(H,27,29,30). The van der Waals surface area contributed by atoms with Crippen LogP contribution in [0, 0.1) is 6.92 Å². The van der Waals surface area contributed by atoms with E-state index in [4.69, 9.17) is 0 Å². The Morgan fingerprint density at radius 3 is 2.72 bits per heavy atom. The maximum atomic E-state index is 13.3. The largest absolute Gasteiger partial charge is 0.416 e. The van der Waals surface area contributed by atoms with E-state index in [-0.39, 0.29) is 12.1 Å². The Kier molecular flexibility index (Phi) is 5.09. The van der Waals surface area contributed by atoms with Gasteiger partial charge in [0.1, 0.15) is 12.1 Å². The lowest BCUT2D eigenvalue weighted by molar-refractivity contribution is -0.138. The van der Waals surface area contributed by atoms with E-state index in [1.54, 1.807) is 16.8 Å². The molecule has 0 saturated carbocycles. The Labute approximate surface area is 182 Å².